The summed E-state index contributed by atoms with van der Waals surface area (Å²) in [5, 5.41) is 3.68. The minimum atomic E-state index is -0.300. The molecule has 2 aromatic rings. The van der Waals surface area contributed by atoms with E-state index in [4.69, 9.17) is 0 Å². The third-order valence-electron chi connectivity index (χ3n) is 4.16. The van der Waals surface area contributed by atoms with Gasteiger partial charge in [0.05, 0.1) is 16.8 Å². The molecule has 6 nitrogen and oxygen atoms in total. The highest BCUT2D eigenvalue weighted by molar-refractivity contribution is 7.99. The lowest BCUT2D eigenvalue weighted by Gasteiger charge is -2.30. The zero-order valence-corrected chi connectivity index (χ0v) is 18.8. The van der Waals surface area contributed by atoms with Crippen molar-refractivity contribution in [3.8, 4) is 0 Å². The van der Waals surface area contributed by atoms with Crippen molar-refractivity contribution in [2.45, 2.75) is 77.8 Å². The van der Waals surface area contributed by atoms with Crippen LogP contribution >= 0.6 is 11.8 Å². The molecular weight excluding hydrogens is 372 g/mol. The predicted molar refractivity (Wildman–Crippen MR) is 115 cm³/mol. The number of amides is 2. The fraction of sp³-hybridized carbons (Fsp3) is 0.571. The summed E-state index contributed by atoms with van der Waals surface area (Å²) in [6.45, 7) is 14.1. The first kappa shape index (κ1) is 22.3. The van der Waals surface area contributed by atoms with Crippen LogP contribution in [0.15, 0.2) is 29.4 Å². The summed E-state index contributed by atoms with van der Waals surface area (Å²) < 4.78 is 1.89. The van der Waals surface area contributed by atoms with Gasteiger partial charge in [-0.3, -0.25) is 9.59 Å². The SMILES string of the molecule is CC(C)N(C(=O)CSc1nc2ccccc2n1CC(=O)NC(C)(C)C)C(C)C. The molecule has 2 amide bonds. The lowest BCUT2D eigenvalue weighted by atomic mass is 10.1. The van der Waals surface area contributed by atoms with E-state index in [0.717, 1.165) is 11.0 Å². The quantitative estimate of drug-likeness (QED) is 0.715. The van der Waals surface area contributed by atoms with Crippen LogP contribution in [0.2, 0.25) is 0 Å². The topological polar surface area (TPSA) is 67.2 Å². The van der Waals surface area contributed by atoms with Crippen molar-refractivity contribution in [1.29, 1.82) is 0 Å². The Morgan fingerprint density at radius 1 is 1.14 bits per heavy atom. The third kappa shape index (κ3) is 5.74. The maximum absolute atomic E-state index is 12.7. The second kappa shape index (κ2) is 8.99. The number of hydrogen-bond donors (Lipinski definition) is 1. The van der Waals surface area contributed by atoms with Gasteiger partial charge in [0.1, 0.15) is 6.54 Å². The molecule has 154 valence electrons. The van der Waals surface area contributed by atoms with Gasteiger partial charge in [0, 0.05) is 17.6 Å². The largest absolute Gasteiger partial charge is 0.350 e. The van der Waals surface area contributed by atoms with E-state index in [0.29, 0.717) is 10.9 Å². The normalized spacial score (nSPS) is 12.0. The molecule has 7 heteroatoms. The van der Waals surface area contributed by atoms with Crippen LogP contribution in [0, 0.1) is 0 Å². The first-order valence-corrected chi connectivity index (χ1v) is 10.7. The van der Waals surface area contributed by atoms with Crippen molar-refractivity contribution in [2.24, 2.45) is 0 Å². The maximum atomic E-state index is 12.7. The average Bonchev–Trinajstić information content (AvgIpc) is 2.88. The zero-order valence-electron chi connectivity index (χ0n) is 17.9. The van der Waals surface area contributed by atoms with Crippen LogP contribution in [0.4, 0.5) is 0 Å². The van der Waals surface area contributed by atoms with Gasteiger partial charge < -0.3 is 14.8 Å². The summed E-state index contributed by atoms with van der Waals surface area (Å²) in [7, 11) is 0. The van der Waals surface area contributed by atoms with E-state index in [2.05, 4.69) is 10.3 Å². The molecule has 0 bridgehead atoms. The summed E-state index contributed by atoms with van der Waals surface area (Å²) in [6.07, 6.45) is 0. The van der Waals surface area contributed by atoms with E-state index < -0.39 is 0 Å². The molecule has 0 spiro atoms. The number of carbonyl (C=O) groups is 2. The standard InChI is InChI=1S/C21H32N4O2S/c1-14(2)25(15(3)4)19(27)13-28-20-22-16-10-8-9-11-17(16)24(20)12-18(26)23-21(5,6)7/h8-11,14-15H,12-13H2,1-7H3,(H,23,26). The Morgan fingerprint density at radius 3 is 2.32 bits per heavy atom. The van der Waals surface area contributed by atoms with Gasteiger partial charge in [-0.25, -0.2) is 4.98 Å². The van der Waals surface area contributed by atoms with Crippen molar-refractivity contribution < 1.29 is 9.59 Å². The molecule has 0 unspecified atom stereocenters. The Morgan fingerprint density at radius 2 is 1.75 bits per heavy atom. The van der Waals surface area contributed by atoms with E-state index in [1.54, 1.807) is 0 Å². The second-order valence-electron chi connectivity index (χ2n) is 8.54. The van der Waals surface area contributed by atoms with Crippen LogP contribution in [-0.2, 0) is 16.1 Å². The number of nitrogens with zero attached hydrogens (tertiary/aromatic N) is 3. The van der Waals surface area contributed by atoms with E-state index in [-0.39, 0.29) is 36.0 Å². The molecule has 1 heterocycles. The summed E-state index contributed by atoms with van der Waals surface area (Å²) in [5.74, 6) is 0.295. The molecule has 0 aliphatic carbocycles. The van der Waals surface area contributed by atoms with Crippen LogP contribution in [-0.4, -0.2) is 49.6 Å². The van der Waals surface area contributed by atoms with Crippen molar-refractivity contribution in [2.75, 3.05) is 5.75 Å². The molecule has 0 fully saturated rings. The Labute approximate surface area is 172 Å². The van der Waals surface area contributed by atoms with Gasteiger partial charge in [0.15, 0.2) is 5.16 Å². The molecule has 1 N–H and O–H groups in total. The van der Waals surface area contributed by atoms with Gasteiger partial charge in [-0.15, -0.1) is 0 Å². The van der Waals surface area contributed by atoms with Gasteiger partial charge >= 0.3 is 0 Å². The van der Waals surface area contributed by atoms with E-state index in [9.17, 15) is 9.59 Å². The minimum Gasteiger partial charge on any atom is -0.350 e. The number of benzene rings is 1. The van der Waals surface area contributed by atoms with Crippen molar-refractivity contribution in [3.05, 3.63) is 24.3 Å². The van der Waals surface area contributed by atoms with Crippen LogP contribution in [0.1, 0.15) is 48.5 Å². The molecule has 0 aliphatic rings. The highest BCUT2D eigenvalue weighted by Crippen LogP contribution is 2.25. The van der Waals surface area contributed by atoms with Gasteiger partial charge in [0.25, 0.3) is 0 Å². The predicted octanol–water partition coefficient (Wildman–Crippen LogP) is 3.69. The Bertz CT molecular complexity index is 829. The summed E-state index contributed by atoms with van der Waals surface area (Å²) >= 11 is 1.38. The van der Waals surface area contributed by atoms with Gasteiger partial charge in [0.2, 0.25) is 11.8 Å². The van der Waals surface area contributed by atoms with Gasteiger partial charge in [-0.05, 0) is 60.6 Å². The third-order valence-corrected chi connectivity index (χ3v) is 5.12. The van der Waals surface area contributed by atoms with Crippen molar-refractivity contribution >= 4 is 34.6 Å². The van der Waals surface area contributed by atoms with Crippen LogP contribution in [0.3, 0.4) is 0 Å². The fourth-order valence-electron chi connectivity index (χ4n) is 3.29. The van der Waals surface area contributed by atoms with Crippen molar-refractivity contribution in [1.82, 2.24) is 19.8 Å². The summed E-state index contributed by atoms with van der Waals surface area (Å²) in [6, 6.07) is 8.02. The molecule has 0 saturated heterocycles. The molecule has 28 heavy (non-hydrogen) atoms. The van der Waals surface area contributed by atoms with Crippen LogP contribution in [0.25, 0.3) is 11.0 Å². The highest BCUT2D eigenvalue weighted by Gasteiger charge is 2.22. The lowest BCUT2D eigenvalue weighted by Crippen LogP contribution is -2.43. The molecule has 0 aliphatic heterocycles. The van der Waals surface area contributed by atoms with Gasteiger partial charge in [-0.2, -0.15) is 0 Å². The smallest absolute Gasteiger partial charge is 0.240 e. The number of para-hydroxylation sites is 2. The molecule has 0 radical (unpaired) electrons. The second-order valence-corrected chi connectivity index (χ2v) is 9.49. The molecule has 2 rings (SSSR count). The summed E-state index contributed by atoms with van der Waals surface area (Å²) in [4.78, 5) is 31.8. The average molecular weight is 405 g/mol. The Hall–Kier alpha value is -2.02. The fourth-order valence-corrected chi connectivity index (χ4v) is 4.17. The minimum absolute atomic E-state index is 0.0742. The maximum Gasteiger partial charge on any atom is 0.240 e. The number of thioether (sulfide) groups is 1. The first-order chi connectivity index (χ1) is 13.0. The number of fused-ring (bicyclic) bond motifs is 1. The number of rotatable bonds is 7. The first-order valence-electron chi connectivity index (χ1n) is 9.70. The molecule has 0 atom stereocenters. The number of imidazole rings is 1. The van der Waals surface area contributed by atoms with Crippen molar-refractivity contribution in [3.63, 3.8) is 0 Å². The zero-order chi connectivity index (χ0) is 21.1. The van der Waals surface area contributed by atoms with Crippen LogP contribution < -0.4 is 5.32 Å². The molecule has 1 aromatic heterocycles. The van der Waals surface area contributed by atoms with E-state index in [1.807, 2.05) is 82.2 Å². The highest BCUT2D eigenvalue weighted by atomic mass is 32.2. The number of aromatic nitrogens is 2. The number of carbonyl (C=O) groups excluding carboxylic acids is 2. The molecular formula is C21H32N4O2S. The number of hydrogen-bond acceptors (Lipinski definition) is 4. The Kier molecular flexibility index (Phi) is 7.15. The Balaban J connectivity index is 2.24. The summed E-state index contributed by atoms with van der Waals surface area (Å²) in [5.41, 5.74) is 1.42. The van der Waals surface area contributed by atoms with Gasteiger partial charge in [-0.1, -0.05) is 23.9 Å². The molecule has 0 saturated carbocycles. The number of nitrogens with one attached hydrogen (secondary N) is 1. The molecule has 1 aromatic carbocycles. The lowest BCUT2D eigenvalue weighted by molar-refractivity contribution is -0.131. The van der Waals surface area contributed by atoms with Crippen LogP contribution in [0.5, 0.6) is 0 Å². The van der Waals surface area contributed by atoms with E-state index >= 15 is 0 Å². The van der Waals surface area contributed by atoms with E-state index in [1.165, 1.54) is 11.8 Å². The monoisotopic (exact) mass is 404 g/mol.